The lowest BCUT2D eigenvalue weighted by Gasteiger charge is -2.28. The van der Waals surface area contributed by atoms with E-state index in [0.717, 1.165) is 18.2 Å². The van der Waals surface area contributed by atoms with Crippen molar-refractivity contribution in [1.82, 2.24) is 0 Å². The fourth-order valence-electron chi connectivity index (χ4n) is 4.32. The molecule has 0 amide bonds. The van der Waals surface area contributed by atoms with Crippen LogP contribution in [0.25, 0.3) is 0 Å². The molecule has 0 radical (unpaired) electrons. The van der Waals surface area contributed by atoms with Gasteiger partial charge in [0, 0.05) is 37.1 Å². The molecule has 0 heterocycles. The summed E-state index contributed by atoms with van der Waals surface area (Å²) >= 11 is 0. The molecule has 6 unspecified atom stereocenters. The molecule has 17 nitrogen and oxygen atoms in total. The highest BCUT2D eigenvalue weighted by Crippen LogP contribution is 2.21. The summed E-state index contributed by atoms with van der Waals surface area (Å²) in [5.74, 6) is -5.22. The number of aliphatic carboxylic acids is 2. The van der Waals surface area contributed by atoms with Crippen LogP contribution in [-0.2, 0) is 57.2 Å². The number of carboxylic acids is 2. The summed E-state index contributed by atoms with van der Waals surface area (Å²) in [4.78, 5) is 78.9. The molecule has 0 bridgehead atoms. The first-order valence-corrected chi connectivity index (χ1v) is 16.1. The Kier molecular flexibility index (Phi) is 25.9. The van der Waals surface area contributed by atoms with Gasteiger partial charge in [-0.15, -0.1) is 0 Å². The van der Waals surface area contributed by atoms with E-state index in [9.17, 15) is 48.9 Å². The zero-order valence-electron chi connectivity index (χ0n) is 27.9. The van der Waals surface area contributed by atoms with Crippen molar-refractivity contribution >= 4 is 42.6 Å². The first kappa shape index (κ1) is 45.6. The van der Waals surface area contributed by atoms with Crippen molar-refractivity contribution in [2.75, 3.05) is 13.2 Å². The number of esters is 3. The van der Waals surface area contributed by atoms with Gasteiger partial charge in [-0.25, -0.2) is 19.2 Å². The van der Waals surface area contributed by atoms with E-state index in [1.807, 2.05) is 6.92 Å². The summed E-state index contributed by atoms with van der Waals surface area (Å²) in [7, 11) is 0. The van der Waals surface area contributed by atoms with Gasteiger partial charge in [-0.3, -0.25) is 14.4 Å². The van der Waals surface area contributed by atoms with Gasteiger partial charge in [0.15, 0.2) is 12.4 Å². The first-order chi connectivity index (χ1) is 23.8. The van der Waals surface area contributed by atoms with Gasteiger partial charge in [-0.2, -0.15) is 0 Å². The molecular formula is C33H48O17. The van der Waals surface area contributed by atoms with Crippen LogP contribution in [0.5, 0.6) is 0 Å². The number of ether oxygens (including phenoxy) is 5. The number of unbranched alkanes of at least 4 members (excludes halogenated alkanes) is 5. The number of aldehydes is 1. The Balaban J connectivity index is 4.98. The Bertz CT molecular complexity index is 1130. The molecule has 0 saturated carbocycles. The third kappa shape index (κ3) is 24.7. The number of carboxylic acid groups (broad SMARTS) is 2. The van der Waals surface area contributed by atoms with Crippen molar-refractivity contribution < 1.29 is 82.8 Å². The Hall–Kier alpha value is -4.45. The molecule has 0 fully saturated rings. The molecule has 282 valence electrons. The maximum atomic E-state index is 12.2. The summed E-state index contributed by atoms with van der Waals surface area (Å²) in [5.41, 5.74) is 0. The zero-order valence-corrected chi connectivity index (χ0v) is 27.9. The normalized spacial score (nSPS) is 15.1. The summed E-state index contributed by atoms with van der Waals surface area (Å²) < 4.78 is 25.3. The quantitative estimate of drug-likeness (QED) is 0.0175. The molecule has 0 saturated heterocycles. The molecule has 17 heteroatoms. The van der Waals surface area contributed by atoms with Crippen LogP contribution in [0.2, 0.25) is 0 Å². The van der Waals surface area contributed by atoms with Crippen LogP contribution in [-0.4, -0.2) is 118 Å². The van der Waals surface area contributed by atoms with E-state index < -0.39 is 66.7 Å². The number of aliphatic hydroxyl groups is 3. The number of rotatable bonds is 30. The van der Waals surface area contributed by atoms with Crippen LogP contribution in [0.15, 0.2) is 36.5 Å². The van der Waals surface area contributed by atoms with Gasteiger partial charge in [0.1, 0.15) is 25.1 Å². The molecule has 6 atom stereocenters. The number of hydrogen-bond acceptors (Lipinski definition) is 15. The predicted octanol–water partition coefficient (Wildman–Crippen LogP) is 1.30. The van der Waals surface area contributed by atoms with Crippen molar-refractivity contribution in [3.05, 3.63) is 36.5 Å². The Morgan fingerprint density at radius 2 is 1.32 bits per heavy atom. The van der Waals surface area contributed by atoms with E-state index in [1.165, 1.54) is 0 Å². The SMILES string of the molecule is CCCCC(OC(=O)/C=C\C(=O)O)C(O)CC(OC(=O)/C=C\C=O)C(O)CCCCCCCC(=O)OC(COC=O)COC(O)/C=C\C(=O)O. The second-order valence-corrected chi connectivity index (χ2v) is 10.9. The second-order valence-electron chi connectivity index (χ2n) is 10.9. The van der Waals surface area contributed by atoms with Gasteiger partial charge in [-0.1, -0.05) is 39.0 Å². The minimum atomic E-state index is -1.59. The molecule has 0 aliphatic rings. The highest BCUT2D eigenvalue weighted by Gasteiger charge is 2.31. The van der Waals surface area contributed by atoms with Crippen molar-refractivity contribution in [3.63, 3.8) is 0 Å². The van der Waals surface area contributed by atoms with E-state index in [-0.39, 0.29) is 45.4 Å². The molecule has 0 aromatic rings. The number of hydrogen-bond donors (Lipinski definition) is 5. The highest BCUT2D eigenvalue weighted by atomic mass is 16.6. The highest BCUT2D eigenvalue weighted by molar-refractivity contribution is 5.90. The molecule has 0 aliphatic heterocycles. The van der Waals surface area contributed by atoms with Crippen molar-refractivity contribution in [2.45, 2.75) is 114 Å². The molecule has 0 spiro atoms. The Morgan fingerprint density at radius 1 is 0.680 bits per heavy atom. The van der Waals surface area contributed by atoms with Gasteiger partial charge in [0.25, 0.3) is 6.47 Å². The molecule has 0 aliphatic carbocycles. The average molecular weight is 717 g/mol. The molecule has 50 heavy (non-hydrogen) atoms. The van der Waals surface area contributed by atoms with Crippen LogP contribution in [0.4, 0.5) is 0 Å². The van der Waals surface area contributed by atoms with E-state index in [4.69, 9.17) is 29.2 Å². The largest absolute Gasteiger partial charge is 0.478 e. The molecule has 5 N–H and O–H groups in total. The summed E-state index contributed by atoms with van der Waals surface area (Å²) in [6.07, 6.45) is 1.40. The van der Waals surface area contributed by atoms with Crippen LogP contribution >= 0.6 is 0 Å². The van der Waals surface area contributed by atoms with E-state index >= 15 is 0 Å². The van der Waals surface area contributed by atoms with Crippen molar-refractivity contribution in [2.24, 2.45) is 0 Å². The standard InChI is InChI=1S/C33H48O17/c1-2-3-11-26(49-33(45)17-15-29(40)41)25(37)19-27(50-32(44)13-9-18-34)24(36)10-7-5-4-6-8-12-31(43)48-23(20-46-22-35)21-47-30(42)16-14-28(38)39/h9,13-18,22-27,30,36-37,42H,2-8,10-12,19-21H2,1H3,(H,38,39)(H,40,41)/b13-9-,16-14-,17-15-. The number of carbonyl (C=O) groups excluding carboxylic acids is 5. The lowest BCUT2D eigenvalue weighted by molar-refractivity contribution is -0.165. The molecule has 0 aromatic carbocycles. The lowest BCUT2D eigenvalue weighted by atomic mass is 9.96. The van der Waals surface area contributed by atoms with Crippen LogP contribution < -0.4 is 0 Å². The number of aliphatic hydroxyl groups excluding tert-OH is 3. The summed E-state index contributed by atoms with van der Waals surface area (Å²) in [6.45, 7) is 1.30. The van der Waals surface area contributed by atoms with Crippen molar-refractivity contribution in [3.8, 4) is 0 Å². The molecule has 0 rings (SSSR count). The van der Waals surface area contributed by atoms with Gasteiger partial charge in [0.2, 0.25) is 0 Å². The van der Waals surface area contributed by atoms with Crippen LogP contribution in [0.1, 0.15) is 77.6 Å². The number of carbonyl (C=O) groups is 7. The van der Waals surface area contributed by atoms with Crippen molar-refractivity contribution in [1.29, 1.82) is 0 Å². The summed E-state index contributed by atoms with van der Waals surface area (Å²) in [6, 6.07) is 0. The van der Waals surface area contributed by atoms with E-state index in [2.05, 4.69) is 4.74 Å². The Labute approximate surface area is 289 Å². The molecular weight excluding hydrogens is 668 g/mol. The van der Waals surface area contributed by atoms with Gasteiger partial charge >= 0.3 is 29.8 Å². The zero-order chi connectivity index (χ0) is 37.7. The van der Waals surface area contributed by atoms with Crippen LogP contribution in [0, 0.1) is 0 Å². The minimum absolute atomic E-state index is 0.0157. The third-order valence-electron chi connectivity index (χ3n) is 6.77. The van der Waals surface area contributed by atoms with E-state index in [0.29, 0.717) is 69.5 Å². The minimum Gasteiger partial charge on any atom is -0.478 e. The summed E-state index contributed by atoms with van der Waals surface area (Å²) in [5, 5.41) is 48.7. The topological polar surface area (TPSA) is 267 Å². The third-order valence-corrected chi connectivity index (χ3v) is 6.77. The fourth-order valence-corrected chi connectivity index (χ4v) is 4.32. The van der Waals surface area contributed by atoms with Gasteiger partial charge in [-0.05, 0) is 37.8 Å². The monoisotopic (exact) mass is 716 g/mol. The Morgan fingerprint density at radius 3 is 1.96 bits per heavy atom. The molecule has 0 aromatic heterocycles. The van der Waals surface area contributed by atoms with Crippen LogP contribution in [0.3, 0.4) is 0 Å². The van der Waals surface area contributed by atoms with Gasteiger partial charge < -0.3 is 49.2 Å². The smallest absolute Gasteiger partial charge is 0.331 e. The maximum Gasteiger partial charge on any atom is 0.331 e. The van der Waals surface area contributed by atoms with E-state index in [1.54, 1.807) is 0 Å². The average Bonchev–Trinajstić information content (AvgIpc) is 3.07. The predicted molar refractivity (Wildman–Crippen MR) is 171 cm³/mol. The first-order valence-electron chi connectivity index (χ1n) is 16.1. The second kappa shape index (κ2) is 28.4. The lowest BCUT2D eigenvalue weighted by Crippen LogP contribution is -2.40. The van der Waals surface area contributed by atoms with Gasteiger partial charge in [0.05, 0.1) is 18.8 Å². The number of allylic oxidation sites excluding steroid dienone is 1. The fraction of sp³-hybridized carbons (Fsp3) is 0.606. The maximum absolute atomic E-state index is 12.2.